The highest BCUT2D eigenvalue weighted by molar-refractivity contribution is 6.11. The second-order valence-corrected chi connectivity index (χ2v) is 9.68. The van der Waals surface area contributed by atoms with Crippen LogP contribution >= 0.6 is 0 Å². The number of carbonyl (C=O) groups excluding carboxylic acids is 3. The second-order valence-electron chi connectivity index (χ2n) is 9.68. The number of likely N-dealkylation sites (tertiary alicyclic amines) is 1. The molecule has 0 unspecified atom stereocenters. The number of carbonyl (C=O) groups is 3. The van der Waals surface area contributed by atoms with E-state index in [4.69, 9.17) is 9.72 Å². The first-order chi connectivity index (χ1) is 18.4. The molecule has 4 aromatic rings. The third kappa shape index (κ3) is 4.93. The normalized spacial score (nSPS) is 14.1. The number of H-pyrrole nitrogens is 1. The fourth-order valence-corrected chi connectivity index (χ4v) is 5.28. The molecule has 1 aliphatic heterocycles. The van der Waals surface area contributed by atoms with Gasteiger partial charge in [0, 0.05) is 62.0 Å². The number of piperidine rings is 1. The number of nitrogens with one attached hydrogen (secondary N) is 3. The van der Waals surface area contributed by atoms with Gasteiger partial charge in [0.05, 0.1) is 24.7 Å². The maximum atomic E-state index is 13.0. The predicted molar refractivity (Wildman–Crippen MR) is 146 cm³/mol. The van der Waals surface area contributed by atoms with Crippen molar-refractivity contribution in [1.82, 2.24) is 19.4 Å². The standard InChI is InChI=1S/C28H32N6O4/c1-17(35)31-25-23-14-21(32-20-9-11-33(12-10-20)18(2)36)16-30-27(23)34(26(25)28(37)38-3)13-8-19-15-29-24-7-5-4-6-22(19)24/h4-7,14-16,20,29,32H,8-13H2,1-3H3,(H,31,35). The van der Waals surface area contributed by atoms with Gasteiger partial charge in [-0.05, 0) is 37.0 Å². The van der Waals surface area contributed by atoms with Crippen LogP contribution in [-0.4, -0.2) is 63.5 Å². The van der Waals surface area contributed by atoms with E-state index in [1.807, 2.05) is 39.9 Å². The molecule has 0 atom stereocenters. The van der Waals surface area contributed by atoms with Crippen molar-refractivity contribution in [3.05, 3.63) is 54.0 Å². The molecular weight excluding hydrogens is 484 g/mol. The first kappa shape index (κ1) is 25.3. The number of benzene rings is 1. The summed E-state index contributed by atoms with van der Waals surface area (Å²) in [4.78, 5) is 46.7. The van der Waals surface area contributed by atoms with Gasteiger partial charge in [0.15, 0.2) is 5.69 Å². The number of esters is 1. The number of aromatic amines is 1. The molecule has 2 amide bonds. The fraction of sp³-hybridized carbons (Fsp3) is 0.357. The zero-order valence-electron chi connectivity index (χ0n) is 21.8. The van der Waals surface area contributed by atoms with Crippen molar-refractivity contribution < 1.29 is 19.1 Å². The summed E-state index contributed by atoms with van der Waals surface area (Å²) in [6.07, 6.45) is 6.04. The molecule has 0 aliphatic carbocycles. The predicted octanol–water partition coefficient (Wildman–Crippen LogP) is 3.93. The lowest BCUT2D eigenvalue weighted by Crippen LogP contribution is -2.41. The molecular formula is C28H32N6O4. The summed E-state index contributed by atoms with van der Waals surface area (Å²) in [7, 11) is 1.33. The lowest BCUT2D eigenvalue weighted by atomic mass is 10.0. The highest BCUT2D eigenvalue weighted by Gasteiger charge is 2.26. The highest BCUT2D eigenvalue weighted by Crippen LogP contribution is 2.34. The summed E-state index contributed by atoms with van der Waals surface area (Å²) in [6.45, 7) is 4.88. The Labute approximate surface area is 220 Å². The minimum absolute atomic E-state index is 0.0933. The first-order valence-corrected chi connectivity index (χ1v) is 12.8. The summed E-state index contributed by atoms with van der Waals surface area (Å²) >= 11 is 0. The topological polar surface area (TPSA) is 121 Å². The van der Waals surface area contributed by atoms with E-state index in [0.29, 0.717) is 42.8 Å². The Bertz CT molecular complexity index is 1510. The van der Waals surface area contributed by atoms with Crippen molar-refractivity contribution >= 4 is 51.1 Å². The van der Waals surface area contributed by atoms with Crippen LogP contribution in [0, 0.1) is 0 Å². The van der Waals surface area contributed by atoms with Gasteiger partial charge >= 0.3 is 5.97 Å². The van der Waals surface area contributed by atoms with Crippen LogP contribution in [0.25, 0.3) is 21.9 Å². The number of methoxy groups -OCH3 is 1. The van der Waals surface area contributed by atoms with Crippen molar-refractivity contribution in [2.24, 2.45) is 0 Å². The smallest absolute Gasteiger partial charge is 0.356 e. The number of para-hydroxylation sites is 1. The van der Waals surface area contributed by atoms with Crippen LogP contribution in [-0.2, 0) is 27.3 Å². The number of fused-ring (bicyclic) bond motifs is 2. The summed E-state index contributed by atoms with van der Waals surface area (Å²) in [5, 5.41) is 8.15. The molecule has 0 spiro atoms. The van der Waals surface area contributed by atoms with E-state index in [1.165, 1.54) is 14.0 Å². The van der Waals surface area contributed by atoms with Gasteiger partial charge < -0.3 is 29.8 Å². The fourth-order valence-electron chi connectivity index (χ4n) is 5.28. The van der Waals surface area contributed by atoms with Crippen LogP contribution in [0.1, 0.15) is 42.7 Å². The number of hydrogen-bond acceptors (Lipinski definition) is 6. The van der Waals surface area contributed by atoms with Crippen LogP contribution in [0.3, 0.4) is 0 Å². The Hall–Kier alpha value is -4.34. The number of nitrogens with zero attached hydrogens (tertiary/aromatic N) is 3. The third-order valence-electron chi connectivity index (χ3n) is 7.17. The van der Waals surface area contributed by atoms with E-state index in [1.54, 1.807) is 13.1 Å². The van der Waals surface area contributed by atoms with Gasteiger partial charge in [-0.2, -0.15) is 0 Å². The van der Waals surface area contributed by atoms with Crippen molar-refractivity contribution in [2.75, 3.05) is 30.8 Å². The number of amides is 2. The Kier molecular flexibility index (Phi) is 7.04. The molecule has 10 nitrogen and oxygen atoms in total. The molecule has 1 fully saturated rings. The zero-order valence-corrected chi connectivity index (χ0v) is 21.8. The van der Waals surface area contributed by atoms with Crippen molar-refractivity contribution in [3.63, 3.8) is 0 Å². The maximum Gasteiger partial charge on any atom is 0.356 e. The van der Waals surface area contributed by atoms with Crippen LogP contribution in [0.2, 0.25) is 0 Å². The highest BCUT2D eigenvalue weighted by atomic mass is 16.5. The minimum Gasteiger partial charge on any atom is -0.464 e. The van der Waals surface area contributed by atoms with E-state index >= 15 is 0 Å². The van der Waals surface area contributed by atoms with Crippen molar-refractivity contribution in [1.29, 1.82) is 0 Å². The summed E-state index contributed by atoms with van der Waals surface area (Å²) in [6, 6.07) is 10.2. The summed E-state index contributed by atoms with van der Waals surface area (Å²) in [5.41, 5.74) is 4.20. The van der Waals surface area contributed by atoms with Gasteiger partial charge in [-0.25, -0.2) is 9.78 Å². The number of ether oxygens (including phenoxy) is 1. The molecule has 5 rings (SSSR count). The molecule has 1 saturated heterocycles. The van der Waals surface area contributed by atoms with Gasteiger partial charge in [-0.15, -0.1) is 0 Å². The number of rotatable bonds is 7. The Balaban J connectivity index is 1.50. The summed E-state index contributed by atoms with van der Waals surface area (Å²) in [5.74, 6) is -0.742. The zero-order chi connectivity index (χ0) is 26.8. The van der Waals surface area contributed by atoms with Crippen LogP contribution < -0.4 is 10.6 Å². The van der Waals surface area contributed by atoms with Crippen molar-refractivity contribution in [3.8, 4) is 0 Å². The molecule has 1 aliphatic rings. The Morgan fingerprint density at radius 1 is 1.13 bits per heavy atom. The molecule has 0 saturated carbocycles. The van der Waals surface area contributed by atoms with E-state index in [-0.39, 0.29) is 23.6 Å². The second kappa shape index (κ2) is 10.6. The number of pyridine rings is 1. The molecule has 10 heteroatoms. The number of anilines is 2. The van der Waals surface area contributed by atoms with Crippen LogP contribution in [0.4, 0.5) is 11.4 Å². The maximum absolute atomic E-state index is 13.0. The molecule has 3 N–H and O–H groups in total. The lowest BCUT2D eigenvalue weighted by Gasteiger charge is -2.32. The number of aryl methyl sites for hydroxylation is 2. The molecule has 4 heterocycles. The average molecular weight is 517 g/mol. The van der Waals surface area contributed by atoms with E-state index < -0.39 is 5.97 Å². The summed E-state index contributed by atoms with van der Waals surface area (Å²) < 4.78 is 6.95. The van der Waals surface area contributed by atoms with Gasteiger partial charge in [-0.1, -0.05) is 18.2 Å². The molecule has 3 aromatic heterocycles. The Morgan fingerprint density at radius 3 is 2.61 bits per heavy atom. The van der Waals surface area contributed by atoms with E-state index in [0.717, 1.165) is 35.0 Å². The van der Waals surface area contributed by atoms with Gasteiger partial charge in [0.1, 0.15) is 5.65 Å². The van der Waals surface area contributed by atoms with Crippen molar-refractivity contribution in [2.45, 2.75) is 45.7 Å². The van der Waals surface area contributed by atoms with E-state index in [9.17, 15) is 14.4 Å². The third-order valence-corrected chi connectivity index (χ3v) is 7.17. The van der Waals surface area contributed by atoms with Crippen LogP contribution in [0.15, 0.2) is 42.7 Å². The quantitative estimate of drug-likeness (QED) is 0.320. The minimum atomic E-state index is -0.545. The van der Waals surface area contributed by atoms with Gasteiger partial charge in [0.2, 0.25) is 11.8 Å². The lowest BCUT2D eigenvalue weighted by molar-refractivity contribution is -0.129. The number of aromatic nitrogens is 3. The monoisotopic (exact) mass is 516 g/mol. The largest absolute Gasteiger partial charge is 0.464 e. The van der Waals surface area contributed by atoms with Crippen LogP contribution in [0.5, 0.6) is 0 Å². The SMILES string of the molecule is COC(=O)c1c(NC(C)=O)c2cc(NC3CCN(C(C)=O)CC3)cnc2n1CCc1c[nH]c2ccccc12. The van der Waals surface area contributed by atoms with Gasteiger partial charge in [0.25, 0.3) is 0 Å². The number of hydrogen-bond donors (Lipinski definition) is 3. The molecule has 1 aromatic carbocycles. The average Bonchev–Trinajstić information content (AvgIpc) is 3.45. The molecule has 198 valence electrons. The van der Waals surface area contributed by atoms with Gasteiger partial charge in [-0.3, -0.25) is 9.59 Å². The molecule has 0 radical (unpaired) electrons. The van der Waals surface area contributed by atoms with E-state index in [2.05, 4.69) is 21.7 Å². The Morgan fingerprint density at radius 2 is 1.89 bits per heavy atom. The molecule has 0 bridgehead atoms. The first-order valence-electron chi connectivity index (χ1n) is 12.8. The molecule has 38 heavy (non-hydrogen) atoms.